The third-order valence-electron chi connectivity index (χ3n) is 7.44. The number of phenolic OH excluding ortho intramolecular Hbond substituents is 1. The minimum absolute atomic E-state index is 0.0744. The highest BCUT2D eigenvalue weighted by Gasteiger charge is 2.42. The van der Waals surface area contributed by atoms with Gasteiger partial charge in [-0.3, -0.25) is 0 Å². The zero-order valence-electron chi connectivity index (χ0n) is 23.1. The van der Waals surface area contributed by atoms with E-state index in [1.54, 1.807) is 30.3 Å². The van der Waals surface area contributed by atoms with Crippen LogP contribution in [0.1, 0.15) is 47.5 Å². The molecule has 208 valence electrons. The van der Waals surface area contributed by atoms with Crippen LogP contribution in [0.15, 0.2) is 42.5 Å². The van der Waals surface area contributed by atoms with Gasteiger partial charge in [0.15, 0.2) is 23.0 Å². The van der Waals surface area contributed by atoms with Crippen molar-refractivity contribution in [1.29, 1.82) is 0 Å². The van der Waals surface area contributed by atoms with Gasteiger partial charge in [0.1, 0.15) is 6.10 Å². The average molecular weight is 539 g/mol. The first-order chi connectivity index (χ1) is 18.7. The van der Waals surface area contributed by atoms with Crippen molar-refractivity contribution in [3.8, 4) is 45.6 Å². The molecule has 0 aromatic heterocycles. The number of aliphatic hydroxyl groups is 1. The van der Waals surface area contributed by atoms with E-state index in [-0.39, 0.29) is 23.0 Å². The molecule has 0 aliphatic heterocycles. The molecule has 1 aliphatic rings. The number of benzene rings is 3. The van der Waals surface area contributed by atoms with Crippen molar-refractivity contribution < 1.29 is 43.4 Å². The molecule has 4 atom stereocenters. The Labute approximate surface area is 227 Å². The third-order valence-corrected chi connectivity index (χ3v) is 7.44. The topological polar surface area (TPSA) is 113 Å². The maximum atomic E-state index is 13.4. The van der Waals surface area contributed by atoms with Gasteiger partial charge in [0.25, 0.3) is 0 Å². The van der Waals surface area contributed by atoms with Gasteiger partial charge in [-0.1, -0.05) is 32.0 Å². The van der Waals surface area contributed by atoms with Gasteiger partial charge >= 0.3 is 5.97 Å². The lowest BCUT2D eigenvalue weighted by atomic mass is 9.74. The summed E-state index contributed by atoms with van der Waals surface area (Å²) >= 11 is 0. The number of carbonyl (C=O) groups excluding carboxylic acids is 1. The number of rotatable bonds is 7. The molecule has 1 aliphatic carbocycles. The lowest BCUT2D eigenvalue weighted by molar-refractivity contribution is -0.0136. The third kappa shape index (κ3) is 4.67. The lowest BCUT2D eigenvalue weighted by Crippen LogP contribution is -2.29. The van der Waals surface area contributed by atoms with Crippen LogP contribution in [0.3, 0.4) is 0 Å². The van der Waals surface area contributed by atoms with Gasteiger partial charge in [-0.05, 0) is 35.7 Å². The van der Waals surface area contributed by atoms with E-state index < -0.39 is 30.0 Å². The molecule has 9 heteroatoms. The van der Waals surface area contributed by atoms with Crippen molar-refractivity contribution in [2.24, 2.45) is 11.8 Å². The summed E-state index contributed by atoms with van der Waals surface area (Å²) in [5.41, 5.74) is 2.19. The summed E-state index contributed by atoms with van der Waals surface area (Å²) < 4.78 is 34.7. The van der Waals surface area contributed by atoms with Crippen molar-refractivity contribution in [3.63, 3.8) is 0 Å². The van der Waals surface area contributed by atoms with Crippen LogP contribution in [0, 0.1) is 11.8 Å². The Hall–Kier alpha value is -4.11. The van der Waals surface area contributed by atoms with Crippen LogP contribution in [-0.2, 0) is 4.74 Å². The number of methoxy groups -OCH3 is 5. The first kappa shape index (κ1) is 27.9. The number of esters is 1. The summed E-state index contributed by atoms with van der Waals surface area (Å²) in [4.78, 5) is 13.4. The highest BCUT2D eigenvalue weighted by Crippen LogP contribution is 2.59. The van der Waals surface area contributed by atoms with E-state index in [1.807, 2.05) is 19.9 Å². The summed E-state index contributed by atoms with van der Waals surface area (Å²) in [6.07, 6.45) is -1.92. The second-order valence-corrected chi connectivity index (χ2v) is 9.39. The van der Waals surface area contributed by atoms with Gasteiger partial charge < -0.3 is 38.6 Å². The van der Waals surface area contributed by atoms with Crippen molar-refractivity contribution in [2.75, 3.05) is 35.5 Å². The largest absolute Gasteiger partial charge is 0.504 e. The van der Waals surface area contributed by atoms with Gasteiger partial charge in [0.05, 0.1) is 47.2 Å². The summed E-state index contributed by atoms with van der Waals surface area (Å²) in [7, 11) is 7.31. The standard InChI is InChI=1S/C30H34O9/c1-15-16(2)25(39-30(33)17-11-9-8-10-12-17)19-14-21(34-3)27(36-5)29(38-7)23(19)22-18(24(15)32)13-20(31)26(35-4)28(22)37-6/h8-16,24-25,31-32H,1-7H3. The smallest absolute Gasteiger partial charge is 0.338 e. The molecule has 4 unspecified atom stereocenters. The number of hydrogen-bond acceptors (Lipinski definition) is 9. The van der Waals surface area contributed by atoms with E-state index in [4.69, 9.17) is 28.4 Å². The van der Waals surface area contributed by atoms with Gasteiger partial charge in [-0.25, -0.2) is 4.79 Å². The molecular weight excluding hydrogens is 504 g/mol. The SMILES string of the molecule is COc1cc2c(c(OC)c1OC)-c1c(cc(O)c(OC)c1OC)C(O)C(C)C(C)C2OC(=O)c1ccccc1. The minimum atomic E-state index is -1.08. The highest BCUT2D eigenvalue weighted by atomic mass is 16.5. The van der Waals surface area contributed by atoms with Crippen LogP contribution in [0.5, 0.6) is 34.5 Å². The normalized spacial score (nSPS) is 20.0. The molecule has 2 N–H and O–H groups in total. The fourth-order valence-electron chi connectivity index (χ4n) is 5.24. The Morgan fingerprint density at radius 1 is 0.718 bits per heavy atom. The summed E-state index contributed by atoms with van der Waals surface area (Å²) in [6, 6.07) is 11.9. The van der Waals surface area contributed by atoms with Crippen LogP contribution in [0.2, 0.25) is 0 Å². The van der Waals surface area contributed by atoms with Crippen LogP contribution in [0.25, 0.3) is 11.1 Å². The second-order valence-electron chi connectivity index (χ2n) is 9.39. The average Bonchev–Trinajstić information content (AvgIpc) is 2.96. The van der Waals surface area contributed by atoms with Gasteiger partial charge in [-0.2, -0.15) is 0 Å². The molecule has 0 fully saturated rings. The number of aromatic hydroxyl groups is 1. The van der Waals surface area contributed by atoms with E-state index in [1.165, 1.54) is 41.6 Å². The lowest BCUT2D eigenvalue weighted by Gasteiger charge is -2.37. The minimum Gasteiger partial charge on any atom is -0.504 e. The number of phenols is 1. The summed E-state index contributed by atoms with van der Waals surface area (Å²) in [6.45, 7) is 3.76. The molecule has 4 rings (SSSR count). The fraction of sp³-hybridized carbons (Fsp3) is 0.367. The second kappa shape index (κ2) is 11.3. The van der Waals surface area contributed by atoms with Gasteiger partial charge in [-0.15, -0.1) is 0 Å². The molecule has 39 heavy (non-hydrogen) atoms. The van der Waals surface area contributed by atoms with E-state index in [0.29, 0.717) is 39.3 Å². The quantitative estimate of drug-likeness (QED) is 0.386. The Balaban J connectivity index is 2.14. The van der Waals surface area contributed by atoms with Crippen molar-refractivity contribution >= 4 is 5.97 Å². The molecule has 0 amide bonds. The molecule has 0 saturated carbocycles. The Kier molecular flexibility index (Phi) is 8.11. The summed E-state index contributed by atoms with van der Waals surface area (Å²) in [5, 5.41) is 22.5. The van der Waals surface area contributed by atoms with E-state index in [0.717, 1.165) is 0 Å². The molecule has 3 aromatic rings. The molecule has 0 heterocycles. The number of ether oxygens (including phenoxy) is 6. The predicted molar refractivity (Wildman–Crippen MR) is 144 cm³/mol. The van der Waals surface area contributed by atoms with Crippen molar-refractivity contribution in [1.82, 2.24) is 0 Å². The van der Waals surface area contributed by atoms with Crippen LogP contribution in [0.4, 0.5) is 0 Å². The predicted octanol–water partition coefficient (Wildman–Crippen LogP) is 5.32. The first-order valence-electron chi connectivity index (χ1n) is 12.5. The van der Waals surface area contributed by atoms with E-state index in [2.05, 4.69) is 0 Å². The zero-order chi connectivity index (χ0) is 28.4. The maximum absolute atomic E-state index is 13.4. The Morgan fingerprint density at radius 3 is 1.85 bits per heavy atom. The molecule has 0 saturated heterocycles. The number of fused-ring (bicyclic) bond motifs is 3. The number of aliphatic hydroxyl groups excluding tert-OH is 1. The van der Waals surface area contributed by atoms with Crippen LogP contribution in [-0.4, -0.2) is 51.7 Å². The summed E-state index contributed by atoms with van der Waals surface area (Å²) in [5.74, 6) is -0.360. The molecule has 0 spiro atoms. The zero-order valence-corrected chi connectivity index (χ0v) is 23.1. The van der Waals surface area contributed by atoms with Crippen molar-refractivity contribution in [2.45, 2.75) is 26.1 Å². The molecular formula is C30H34O9. The number of carbonyl (C=O) groups is 1. The molecule has 0 radical (unpaired) electrons. The molecule has 9 nitrogen and oxygen atoms in total. The van der Waals surface area contributed by atoms with Gasteiger partial charge in [0, 0.05) is 22.6 Å². The van der Waals surface area contributed by atoms with E-state index in [9.17, 15) is 15.0 Å². The Bertz CT molecular complexity index is 1350. The first-order valence-corrected chi connectivity index (χ1v) is 12.5. The number of hydrogen-bond donors (Lipinski definition) is 2. The van der Waals surface area contributed by atoms with Gasteiger partial charge in [0.2, 0.25) is 11.5 Å². The van der Waals surface area contributed by atoms with Crippen LogP contribution >= 0.6 is 0 Å². The van der Waals surface area contributed by atoms with Crippen LogP contribution < -0.4 is 23.7 Å². The monoisotopic (exact) mass is 538 g/mol. The highest BCUT2D eigenvalue weighted by molar-refractivity contribution is 5.91. The van der Waals surface area contributed by atoms with E-state index >= 15 is 0 Å². The Morgan fingerprint density at radius 2 is 1.28 bits per heavy atom. The van der Waals surface area contributed by atoms with Crippen molar-refractivity contribution in [3.05, 3.63) is 59.2 Å². The fourth-order valence-corrected chi connectivity index (χ4v) is 5.24. The molecule has 0 bridgehead atoms. The molecule has 3 aromatic carbocycles. The maximum Gasteiger partial charge on any atom is 0.338 e.